The van der Waals surface area contributed by atoms with Crippen molar-refractivity contribution in [3.63, 3.8) is 0 Å². The molecule has 2 aromatic carbocycles. The summed E-state index contributed by atoms with van der Waals surface area (Å²) in [5.41, 5.74) is 5.02. The Hall–Kier alpha value is -3.06. The van der Waals surface area contributed by atoms with Crippen molar-refractivity contribution in [2.45, 2.75) is 20.0 Å². The number of halogens is 3. The molecular formula is C25H22Cl3N3O3. The van der Waals surface area contributed by atoms with Crippen molar-refractivity contribution in [2.24, 2.45) is 5.10 Å². The molecule has 0 aliphatic rings. The summed E-state index contributed by atoms with van der Waals surface area (Å²) in [7, 11) is 0. The second kappa shape index (κ2) is 12.4. The molecule has 1 N–H and O–H groups in total. The summed E-state index contributed by atoms with van der Waals surface area (Å²) in [6.45, 7) is 6.38. The van der Waals surface area contributed by atoms with E-state index in [9.17, 15) is 4.79 Å². The maximum absolute atomic E-state index is 12.3. The van der Waals surface area contributed by atoms with E-state index in [4.69, 9.17) is 44.3 Å². The average molecular weight is 519 g/mol. The van der Waals surface area contributed by atoms with E-state index in [-0.39, 0.29) is 17.3 Å². The average Bonchev–Trinajstić information content (AvgIpc) is 2.80. The fourth-order valence-corrected chi connectivity index (χ4v) is 3.73. The molecule has 0 saturated carbocycles. The van der Waals surface area contributed by atoms with E-state index in [1.807, 2.05) is 19.1 Å². The first-order valence-electron chi connectivity index (χ1n) is 10.3. The first kappa shape index (κ1) is 25.6. The molecular weight excluding hydrogens is 497 g/mol. The molecule has 1 aromatic heterocycles. The van der Waals surface area contributed by atoms with E-state index in [1.54, 1.807) is 36.4 Å². The Labute approximate surface area is 213 Å². The molecule has 3 aromatic rings. The molecule has 1 amide bonds. The second-order valence-electron chi connectivity index (χ2n) is 7.00. The third kappa shape index (κ3) is 6.73. The van der Waals surface area contributed by atoms with Gasteiger partial charge in [0.25, 0.3) is 5.91 Å². The Morgan fingerprint density at radius 1 is 1.15 bits per heavy atom. The number of pyridine rings is 1. The Balaban J connectivity index is 1.83. The van der Waals surface area contributed by atoms with Gasteiger partial charge in [0.15, 0.2) is 11.5 Å². The predicted octanol–water partition coefficient (Wildman–Crippen LogP) is 6.51. The van der Waals surface area contributed by atoms with E-state index in [1.165, 1.54) is 12.4 Å². The van der Waals surface area contributed by atoms with Crippen molar-refractivity contribution < 1.29 is 14.3 Å². The van der Waals surface area contributed by atoms with Gasteiger partial charge in [0.1, 0.15) is 11.8 Å². The molecule has 0 aliphatic heterocycles. The number of nitrogens with zero attached hydrogens (tertiary/aromatic N) is 2. The van der Waals surface area contributed by atoms with Crippen LogP contribution >= 0.6 is 34.8 Å². The molecule has 34 heavy (non-hydrogen) atoms. The minimum atomic E-state index is -0.467. The van der Waals surface area contributed by atoms with E-state index < -0.39 is 5.91 Å². The van der Waals surface area contributed by atoms with Crippen LogP contribution in [0.15, 0.2) is 66.4 Å². The number of hydrogen-bond donors (Lipinski definition) is 1. The number of hydrazone groups is 1. The van der Waals surface area contributed by atoms with Gasteiger partial charge in [-0.1, -0.05) is 46.9 Å². The quantitative estimate of drug-likeness (QED) is 0.144. The zero-order chi connectivity index (χ0) is 24.5. The molecule has 0 atom stereocenters. The molecule has 3 rings (SSSR count). The lowest BCUT2D eigenvalue weighted by atomic mass is 10.1. The Morgan fingerprint density at radius 3 is 2.68 bits per heavy atom. The largest absolute Gasteiger partial charge is 0.490 e. The Kier molecular flexibility index (Phi) is 9.33. The van der Waals surface area contributed by atoms with E-state index >= 15 is 0 Å². The third-order valence-corrected chi connectivity index (χ3v) is 5.48. The van der Waals surface area contributed by atoms with Gasteiger partial charge in [0, 0.05) is 27.4 Å². The topological polar surface area (TPSA) is 72.8 Å². The molecule has 6 nitrogen and oxygen atoms in total. The maximum Gasteiger partial charge on any atom is 0.274 e. The molecule has 0 spiro atoms. The number of amides is 1. The predicted molar refractivity (Wildman–Crippen MR) is 137 cm³/mol. The van der Waals surface area contributed by atoms with Crippen molar-refractivity contribution >= 4 is 46.9 Å². The maximum atomic E-state index is 12.3. The number of ether oxygens (including phenoxy) is 2. The van der Waals surface area contributed by atoms with Crippen LogP contribution in [0, 0.1) is 0 Å². The zero-order valence-electron chi connectivity index (χ0n) is 18.4. The zero-order valence-corrected chi connectivity index (χ0v) is 20.6. The van der Waals surface area contributed by atoms with Gasteiger partial charge in [-0.05, 0) is 55.3 Å². The first-order chi connectivity index (χ1) is 16.4. The van der Waals surface area contributed by atoms with Crippen LogP contribution in [0.1, 0.15) is 34.0 Å². The van der Waals surface area contributed by atoms with Gasteiger partial charge in [-0.3, -0.25) is 4.79 Å². The number of rotatable bonds is 10. The summed E-state index contributed by atoms with van der Waals surface area (Å²) in [6, 6.07) is 12.1. The summed E-state index contributed by atoms with van der Waals surface area (Å²) in [4.78, 5) is 16.2. The van der Waals surface area contributed by atoms with E-state index in [0.29, 0.717) is 40.1 Å². The van der Waals surface area contributed by atoms with Crippen LogP contribution < -0.4 is 14.9 Å². The first-order valence-corrected chi connectivity index (χ1v) is 11.5. The van der Waals surface area contributed by atoms with E-state index in [2.05, 4.69) is 22.1 Å². The number of carbonyl (C=O) groups is 1. The van der Waals surface area contributed by atoms with Crippen LogP contribution in [0.25, 0.3) is 0 Å². The summed E-state index contributed by atoms with van der Waals surface area (Å²) in [6.07, 6.45) is 5.31. The van der Waals surface area contributed by atoms with Crippen LogP contribution in [-0.2, 0) is 13.0 Å². The smallest absolute Gasteiger partial charge is 0.274 e. The summed E-state index contributed by atoms with van der Waals surface area (Å²) >= 11 is 18.2. The van der Waals surface area contributed by atoms with Crippen LogP contribution in [0.2, 0.25) is 15.2 Å². The standard InChI is InChI=1S/C25H22Cl3N3O3/c1-3-6-17-11-16(14-30-31-25(32)20-7-5-10-29-24(20)28)12-22(33-4-2)23(17)34-15-18-8-9-19(26)13-21(18)27/h3,5,7-14H,1,4,6,15H2,2H3,(H,31,32). The molecule has 0 radical (unpaired) electrons. The van der Waals surface area contributed by atoms with Gasteiger partial charge in [0.05, 0.1) is 18.4 Å². The summed E-state index contributed by atoms with van der Waals surface area (Å²) in [5.74, 6) is 0.650. The molecule has 176 valence electrons. The molecule has 0 aliphatic carbocycles. The Bertz CT molecular complexity index is 1220. The molecule has 0 unspecified atom stereocenters. The van der Waals surface area contributed by atoms with Crippen LogP contribution in [-0.4, -0.2) is 23.7 Å². The third-order valence-electron chi connectivity index (χ3n) is 4.59. The van der Waals surface area contributed by atoms with Crippen molar-refractivity contribution in [1.29, 1.82) is 0 Å². The van der Waals surface area contributed by atoms with Crippen LogP contribution in [0.4, 0.5) is 0 Å². The molecule has 0 saturated heterocycles. The van der Waals surface area contributed by atoms with Gasteiger partial charge in [-0.2, -0.15) is 5.10 Å². The minimum absolute atomic E-state index is 0.101. The number of hydrogen-bond acceptors (Lipinski definition) is 5. The minimum Gasteiger partial charge on any atom is -0.490 e. The fourth-order valence-electron chi connectivity index (χ4n) is 3.06. The lowest BCUT2D eigenvalue weighted by molar-refractivity contribution is 0.0955. The highest BCUT2D eigenvalue weighted by Crippen LogP contribution is 2.35. The van der Waals surface area contributed by atoms with Crippen molar-refractivity contribution in [3.05, 3.63) is 98.8 Å². The van der Waals surface area contributed by atoms with Crippen molar-refractivity contribution in [3.8, 4) is 11.5 Å². The normalized spacial score (nSPS) is 10.8. The van der Waals surface area contributed by atoms with Gasteiger partial charge in [0.2, 0.25) is 0 Å². The number of allylic oxidation sites excluding steroid dienone is 1. The summed E-state index contributed by atoms with van der Waals surface area (Å²) in [5, 5.41) is 5.21. The highest BCUT2D eigenvalue weighted by molar-refractivity contribution is 6.35. The Morgan fingerprint density at radius 2 is 1.97 bits per heavy atom. The molecule has 1 heterocycles. The number of benzene rings is 2. The number of nitrogens with one attached hydrogen (secondary N) is 1. The number of carbonyl (C=O) groups excluding carboxylic acids is 1. The van der Waals surface area contributed by atoms with Crippen molar-refractivity contribution in [1.82, 2.24) is 10.4 Å². The van der Waals surface area contributed by atoms with Gasteiger partial charge in [-0.15, -0.1) is 6.58 Å². The van der Waals surface area contributed by atoms with Gasteiger partial charge in [-0.25, -0.2) is 10.4 Å². The van der Waals surface area contributed by atoms with Gasteiger partial charge >= 0.3 is 0 Å². The van der Waals surface area contributed by atoms with Crippen molar-refractivity contribution in [2.75, 3.05) is 6.61 Å². The highest BCUT2D eigenvalue weighted by atomic mass is 35.5. The lowest BCUT2D eigenvalue weighted by Crippen LogP contribution is -2.18. The molecule has 9 heteroatoms. The van der Waals surface area contributed by atoms with Gasteiger partial charge < -0.3 is 9.47 Å². The number of aromatic nitrogens is 1. The van der Waals surface area contributed by atoms with E-state index in [0.717, 1.165) is 11.1 Å². The highest BCUT2D eigenvalue weighted by Gasteiger charge is 2.15. The fraction of sp³-hybridized carbons (Fsp3) is 0.160. The monoisotopic (exact) mass is 517 g/mol. The molecule has 0 bridgehead atoms. The molecule has 0 fully saturated rings. The summed E-state index contributed by atoms with van der Waals surface area (Å²) < 4.78 is 11.9. The SMILES string of the molecule is C=CCc1cc(C=NNC(=O)c2cccnc2Cl)cc(OCC)c1OCc1ccc(Cl)cc1Cl. The van der Waals surface area contributed by atoms with Crippen LogP contribution in [0.5, 0.6) is 11.5 Å². The second-order valence-corrected chi connectivity index (χ2v) is 8.20. The van der Waals surface area contributed by atoms with Crippen LogP contribution in [0.3, 0.4) is 0 Å². The lowest BCUT2D eigenvalue weighted by Gasteiger charge is -2.17.